The summed E-state index contributed by atoms with van der Waals surface area (Å²) in [5, 5.41) is 12.2. The van der Waals surface area contributed by atoms with Crippen LogP contribution in [0.2, 0.25) is 0 Å². The van der Waals surface area contributed by atoms with Crippen molar-refractivity contribution in [1.29, 1.82) is 0 Å². The Morgan fingerprint density at radius 1 is 1.15 bits per heavy atom. The molecule has 4 rings (SSSR count). The Morgan fingerprint density at radius 3 is 2.74 bits per heavy atom. The van der Waals surface area contributed by atoms with Crippen LogP contribution in [-0.4, -0.2) is 41.4 Å². The zero-order valence-corrected chi connectivity index (χ0v) is 15.0. The summed E-state index contributed by atoms with van der Waals surface area (Å²) >= 11 is 0. The van der Waals surface area contributed by atoms with Crippen LogP contribution in [-0.2, 0) is 25.7 Å². The number of rotatable bonds is 3. The van der Waals surface area contributed by atoms with Gasteiger partial charge in [-0.25, -0.2) is 4.98 Å². The lowest BCUT2D eigenvalue weighted by Gasteiger charge is -2.20. The molecule has 0 fully saturated rings. The van der Waals surface area contributed by atoms with Crippen LogP contribution in [0, 0.1) is 6.92 Å². The van der Waals surface area contributed by atoms with Gasteiger partial charge >= 0.3 is 6.18 Å². The third-order valence-corrected chi connectivity index (χ3v) is 4.63. The Hall–Kier alpha value is -2.72. The number of alkyl halides is 3. The van der Waals surface area contributed by atoms with Gasteiger partial charge in [-0.15, -0.1) is 15.3 Å². The van der Waals surface area contributed by atoms with E-state index < -0.39 is 12.0 Å². The zero-order valence-electron chi connectivity index (χ0n) is 15.0. The van der Waals surface area contributed by atoms with Gasteiger partial charge in [-0.05, 0) is 19.8 Å². The molecule has 11 heteroatoms. The standard InChI is InChI=1S/C16H19F3N8/c1-10-8-13(27-15(20-10)21-14(24-27)16(17,18)19)25(2)9-12-23-22-11-6-4-3-5-7-26(11)12/h8H,3-7,9H2,1-2H3. The minimum atomic E-state index is -4.62. The van der Waals surface area contributed by atoms with Gasteiger partial charge in [0.05, 0.1) is 6.54 Å². The van der Waals surface area contributed by atoms with E-state index in [1.165, 1.54) is 0 Å². The van der Waals surface area contributed by atoms with Crippen LogP contribution in [0.1, 0.15) is 42.4 Å². The second-order valence-corrected chi connectivity index (χ2v) is 6.75. The molecule has 0 unspecified atom stereocenters. The van der Waals surface area contributed by atoms with Crippen molar-refractivity contribution in [1.82, 2.24) is 34.3 Å². The largest absolute Gasteiger partial charge is 0.453 e. The van der Waals surface area contributed by atoms with Crippen molar-refractivity contribution in [2.45, 2.75) is 51.9 Å². The van der Waals surface area contributed by atoms with Crippen molar-refractivity contribution in [3.63, 3.8) is 0 Å². The van der Waals surface area contributed by atoms with Gasteiger partial charge in [0.25, 0.3) is 11.6 Å². The van der Waals surface area contributed by atoms with Gasteiger partial charge in [0.1, 0.15) is 11.6 Å². The molecular formula is C16H19F3N8. The molecule has 3 aromatic rings. The van der Waals surface area contributed by atoms with Gasteiger partial charge in [-0.2, -0.15) is 22.7 Å². The molecule has 0 atom stereocenters. The second kappa shape index (κ2) is 6.46. The fourth-order valence-corrected chi connectivity index (χ4v) is 3.32. The van der Waals surface area contributed by atoms with E-state index in [0.717, 1.165) is 48.4 Å². The lowest BCUT2D eigenvalue weighted by atomic mass is 10.2. The number of fused-ring (bicyclic) bond motifs is 2. The normalized spacial score (nSPS) is 15.0. The first kappa shape index (κ1) is 17.7. The molecular weight excluding hydrogens is 361 g/mol. The van der Waals surface area contributed by atoms with Crippen LogP contribution < -0.4 is 4.90 Å². The predicted molar refractivity (Wildman–Crippen MR) is 90.2 cm³/mol. The minimum Gasteiger partial charge on any atom is -0.352 e. The van der Waals surface area contributed by atoms with Crippen LogP contribution in [0.15, 0.2) is 6.07 Å². The number of aromatic nitrogens is 7. The molecule has 0 radical (unpaired) electrons. The molecule has 0 aliphatic carbocycles. The van der Waals surface area contributed by atoms with E-state index in [2.05, 4.69) is 29.8 Å². The van der Waals surface area contributed by atoms with Crippen molar-refractivity contribution < 1.29 is 13.2 Å². The van der Waals surface area contributed by atoms with Crippen LogP contribution in [0.5, 0.6) is 0 Å². The van der Waals surface area contributed by atoms with Gasteiger partial charge in [0, 0.05) is 31.8 Å². The van der Waals surface area contributed by atoms with E-state index in [9.17, 15) is 13.2 Å². The molecule has 0 spiro atoms. The maximum atomic E-state index is 13.0. The van der Waals surface area contributed by atoms with Crippen LogP contribution >= 0.6 is 0 Å². The van der Waals surface area contributed by atoms with Gasteiger partial charge in [0.15, 0.2) is 5.82 Å². The summed E-state index contributed by atoms with van der Waals surface area (Å²) in [5.74, 6) is 0.933. The van der Waals surface area contributed by atoms with E-state index in [0.29, 0.717) is 18.1 Å². The fraction of sp³-hybridized carbons (Fsp3) is 0.562. The van der Waals surface area contributed by atoms with E-state index in [4.69, 9.17) is 0 Å². The Bertz CT molecular complexity index is 974. The second-order valence-electron chi connectivity index (χ2n) is 6.75. The van der Waals surface area contributed by atoms with E-state index >= 15 is 0 Å². The molecule has 0 aromatic carbocycles. The van der Waals surface area contributed by atoms with Crippen LogP contribution in [0.4, 0.5) is 19.0 Å². The number of nitrogens with zero attached hydrogens (tertiary/aromatic N) is 8. The van der Waals surface area contributed by atoms with Crippen LogP contribution in [0.25, 0.3) is 5.78 Å². The summed E-state index contributed by atoms with van der Waals surface area (Å²) < 4.78 is 42.2. The molecule has 27 heavy (non-hydrogen) atoms. The highest BCUT2D eigenvalue weighted by Gasteiger charge is 2.37. The summed E-state index contributed by atoms with van der Waals surface area (Å²) in [5.41, 5.74) is 0.561. The van der Waals surface area contributed by atoms with Crippen LogP contribution in [0.3, 0.4) is 0 Å². The highest BCUT2D eigenvalue weighted by Crippen LogP contribution is 2.28. The molecule has 0 N–H and O–H groups in total. The first-order valence-corrected chi connectivity index (χ1v) is 8.76. The predicted octanol–water partition coefficient (Wildman–Crippen LogP) is 2.41. The molecule has 1 aliphatic rings. The van der Waals surface area contributed by atoms with Crippen molar-refractivity contribution in [3.05, 3.63) is 29.2 Å². The summed E-state index contributed by atoms with van der Waals surface area (Å²) in [4.78, 5) is 9.38. The average molecular weight is 380 g/mol. The molecule has 0 bridgehead atoms. The first-order valence-electron chi connectivity index (χ1n) is 8.76. The molecule has 0 saturated heterocycles. The van der Waals surface area contributed by atoms with E-state index in [-0.39, 0.29) is 5.78 Å². The van der Waals surface area contributed by atoms with E-state index in [1.54, 1.807) is 24.9 Å². The molecule has 3 aromatic heterocycles. The maximum absolute atomic E-state index is 13.0. The quantitative estimate of drug-likeness (QED) is 0.695. The monoisotopic (exact) mass is 380 g/mol. The molecule has 0 amide bonds. The maximum Gasteiger partial charge on any atom is 0.453 e. The Labute approximate surface area is 153 Å². The Kier molecular flexibility index (Phi) is 4.23. The van der Waals surface area contributed by atoms with Gasteiger partial charge in [0.2, 0.25) is 0 Å². The lowest BCUT2D eigenvalue weighted by Crippen LogP contribution is -2.23. The van der Waals surface area contributed by atoms with Crippen molar-refractivity contribution in [2.24, 2.45) is 0 Å². The first-order chi connectivity index (χ1) is 12.8. The Balaban J connectivity index is 1.70. The summed E-state index contributed by atoms with van der Waals surface area (Å²) in [6.45, 7) is 2.97. The number of hydrogen-bond donors (Lipinski definition) is 0. The molecule has 144 valence electrons. The molecule has 1 aliphatic heterocycles. The number of halogens is 3. The summed E-state index contributed by atoms with van der Waals surface area (Å²) in [6, 6.07) is 1.68. The number of anilines is 1. The molecule has 4 heterocycles. The number of hydrogen-bond acceptors (Lipinski definition) is 6. The molecule has 0 saturated carbocycles. The van der Waals surface area contributed by atoms with Crippen molar-refractivity contribution in [3.8, 4) is 0 Å². The lowest BCUT2D eigenvalue weighted by molar-refractivity contribution is -0.144. The van der Waals surface area contributed by atoms with Gasteiger partial charge < -0.3 is 9.47 Å². The average Bonchev–Trinajstić information content (AvgIpc) is 3.11. The minimum absolute atomic E-state index is 0.0794. The smallest absolute Gasteiger partial charge is 0.352 e. The molecule has 8 nitrogen and oxygen atoms in total. The summed E-state index contributed by atoms with van der Waals surface area (Å²) in [7, 11) is 1.78. The van der Waals surface area contributed by atoms with Gasteiger partial charge in [-0.3, -0.25) is 0 Å². The zero-order chi connectivity index (χ0) is 19.2. The topological polar surface area (TPSA) is 77.0 Å². The highest BCUT2D eigenvalue weighted by molar-refractivity contribution is 5.47. The van der Waals surface area contributed by atoms with Crippen molar-refractivity contribution >= 4 is 11.6 Å². The highest BCUT2D eigenvalue weighted by atomic mass is 19.4. The third-order valence-electron chi connectivity index (χ3n) is 4.63. The summed E-state index contributed by atoms with van der Waals surface area (Å²) in [6.07, 6.45) is -0.410. The fourth-order valence-electron chi connectivity index (χ4n) is 3.32. The third kappa shape index (κ3) is 3.33. The van der Waals surface area contributed by atoms with Gasteiger partial charge in [-0.1, -0.05) is 6.42 Å². The Morgan fingerprint density at radius 2 is 1.96 bits per heavy atom. The number of aryl methyl sites for hydroxylation is 2. The SMILES string of the molecule is Cc1cc(N(C)Cc2nnc3n2CCCCC3)n2nc(C(F)(F)F)nc2n1. The van der Waals surface area contributed by atoms with Crippen molar-refractivity contribution in [2.75, 3.05) is 11.9 Å². The van der Waals surface area contributed by atoms with E-state index in [1.807, 2.05) is 0 Å².